The van der Waals surface area contributed by atoms with Crippen molar-refractivity contribution in [2.75, 3.05) is 19.0 Å². The number of aromatic nitrogens is 1. The zero-order valence-corrected chi connectivity index (χ0v) is 13.8. The summed E-state index contributed by atoms with van der Waals surface area (Å²) in [7, 11) is 0. The Morgan fingerprint density at radius 3 is 2.81 bits per heavy atom. The van der Waals surface area contributed by atoms with Gasteiger partial charge in [0.2, 0.25) is 0 Å². The summed E-state index contributed by atoms with van der Waals surface area (Å²) in [5.41, 5.74) is 3.81. The molecule has 2 heterocycles. The summed E-state index contributed by atoms with van der Waals surface area (Å²) < 4.78 is 11.2. The monoisotopic (exact) mass is 306 g/mol. The molecule has 1 aliphatic rings. The lowest BCUT2D eigenvalue weighted by Crippen LogP contribution is -2.23. The molecule has 0 spiro atoms. The van der Waals surface area contributed by atoms with Gasteiger partial charge in [0, 0.05) is 18.1 Å². The van der Waals surface area contributed by atoms with Gasteiger partial charge in [0.05, 0.1) is 12.2 Å². The van der Waals surface area contributed by atoms with Gasteiger partial charge >= 0.3 is 0 Å². The van der Waals surface area contributed by atoms with Crippen molar-refractivity contribution in [1.82, 2.24) is 4.98 Å². The third-order valence-corrected chi connectivity index (χ3v) is 4.78. The van der Waals surface area contributed by atoms with Crippen LogP contribution in [0.1, 0.15) is 41.6 Å². The maximum Gasteiger partial charge on any atom is 0.157 e. The second-order valence-corrected chi connectivity index (χ2v) is 6.34. The standard InChI is InChI=1S/C16H22N2O2S/c1-11-12(2)14(10-17)16(18-13(11)3)21-9-8-20-15-6-4-5-7-19-15/h15H,4-9H2,1-3H3/t15-/m1/s1. The van der Waals surface area contributed by atoms with E-state index < -0.39 is 0 Å². The van der Waals surface area contributed by atoms with Crippen LogP contribution in [0.3, 0.4) is 0 Å². The summed E-state index contributed by atoms with van der Waals surface area (Å²) in [6.07, 6.45) is 3.24. The molecule has 4 nitrogen and oxygen atoms in total. The number of aryl methyl sites for hydroxylation is 1. The van der Waals surface area contributed by atoms with Crippen LogP contribution >= 0.6 is 11.8 Å². The molecule has 0 N–H and O–H groups in total. The van der Waals surface area contributed by atoms with Crippen LogP contribution < -0.4 is 0 Å². The first kappa shape index (κ1) is 16.3. The lowest BCUT2D eigenvalue weighted by atomic mass is 10.1. The average Bonchev–Trinajstić information content (AvgIpc) is 2.50. The van der Waals surface area contributed by atoms with Gasteiger partial charge in [-0.15, -0.1) is 11.8 Å². The van der Waals surface area contributed by atoms with Crippen molar-refractivity contribution in [3.8, 4) is 6.07 Å². The van der Waals surface area contributed by atoms with E-state index in [0.717, 1.165) is 47.0 Å². The van der Waals surface area contributed by atoms with E-state index in [1.54, 1.807) is 11.8 Å². The van der Waals surface area contributed by atoms with E-state index in [4.69, 9.17) is 9.47 Å². The second-order valence-electron chi connectivity index (χ2n) is 5.25. The first-order valence-corrected chi connectivity index (χ1v) is 8.36. The van der Waals surface area contributed by atoms with Crippen LogP contribution in [-0.2, 0) is 9.47 Å². The summed E-state index contributed by atoms with van der Waals surface area (Å²) >= 11 is 1.58. The average molecular weight is 306 g/mol. The summed E-state index contributed by atoms with van der Waals surface area (Å²) in [4.78, 5) is 4.54. The Balaban J connectivity index is 1.89. The normalized spacial score (nSPS) is 18.5. The second kappa shape index (κ2) is 7.79. The van der Waals surface area contributed by atoms with Crippen molar-refractivity contribution >= 4 is 11.8 Å². The van der Waals surface area contributed by atoms with Crippen LogP contribution in [0.4, 0.5) is 0 Å². The Labute approximate surface area is 130 Å². The molecule has 1 aliphatic heterocycles. The van der Waals surface area contributed by atoms with Gasteiger partial charge in [-0.3, -0.25) is 0 Å². The number of nitriles is 1. The fraction of sp³-hybridized carbons (Fsp3) is 0.625. The Morgan fingerprint density at radius 1 is 1.33 bits per heavy atom. The minimum atomic E-state index is -0.0516. The first-order valence-electron chi connectivity index (χ1n) is 7.37. The number of pyridine rings is 1. The fourth-order valence-electron chi connectivity index (χ4n) is 2.31. The van der Waals surface area contributed by atoms with E-state index >= 15 is 0 Å². The van der Waals surface area contributed by atoms with Crippen LogP contribution in [0.25, 0.3) is 0 Å². The van der Waals surface area contributed by atoms with Gasteiger partial charge in [0.15, 0.2) is 6.29 Å². The van der Waals surface area contributed by atoms with Crippen molar-refractivity contribution in [1.29, 1.82) is 5.26 Å². The highest BCUT2D eigenvalue weighted by Gasteiger charge is 2.15. The molecule has 0 aliphatic carbocycles. The molecule has 0 amide bonds. The van der Waals surface area contributed by atoms with Gasteiger partial charge < -0.3 is 9.47 Å². The molecule has 114 valence electrons. The molecule has 1 saturated heterocycles. The predicted molar refractivity (Wildman–Crippen MR) is 83.4 cm³/mol. The zero-order valence-electron chi connectivity index (χ0n) is 12.9. The molecular formula is C16H22N2O2S. The highest BCUT2D eigenvalue weighted by molar-refractivity contribution is 7.99. The van der Waals surface area contributed by atoms with Crippen molar-refractivity contribution < 1.29 is 9.47 Å². The molecule has 0 unspecified atom stereocenters. The van der Waals surface area contributed by atoms with Crippen LogP contribution in [0.2, 0.25) is 0 Å². The van der Waals surface area contributed by atoms with Gasteiger partial charge in [0.1, 0.15) is 11.1 Å². The minimum absolute atomic E-state index is 0.0516. The molecule has 1 fully saturated rings. The highest BCUT2D eigenvalue weighted by Crippen LogP contribution is 2.26. The summed E-state index contributed by atoms with van der Waals surface area (Å²) in [6.45, 7) is 7.40. The molecule has 21 heavy (non-hydrogen) atoms. The molecular weight excluding hydrogens is 284 g/mol. The number of thioether (sulfide) groups is 1. The molecule has 1 aromatic rings. The molecule has 0 radical (unpaired) electrons. The van der Waals surface area contributed by atoms with Crippen LogP contribution in [0, 0.1) is 32.1 Å². The van der Waals surface area contributed by atoms with Crippen molar-refractivity contribution in [2.24, 2.45) is 0 Å². The molecule has 1 atom stereocenters. The van der Waals surface area contributed by atoms with Gasteiger partial charge in [-0.1, -0.05) is 0 Å². The van der Waals surface area contributed by atoms with Gasteiger partial charge in [-0.25, -0.2) is 4.98 Å². The number of nitrogens with zero attached hydrogens (tertiary/aromatic N) is 2. The van der Waals surface area contributed by atoms with E-state index in [2.05, 4.69) is 11.1 Å². The van der Waals surface area contributed by atoms with Crippen molar-refractivity contribution in [3.05, 3.63) is 22.4 Å². The fourth-order valence-corrected chi connectivity index (χ4v) is 3.23. The SMILES string of the molecule is Cc1nc(SCCO[C@@H]2CCCCO2)c(C#N)c(C)c1C. The number of ether oxygens (including phenoxy) is 2. The van der Waals surface area contributed by atoms with Crippen LogP contribution in [0.5, 0.6) is 0 Å². The number of rotatable bonds is 5. The summed E-state index contributed by atoms with van der Waals surface area (Å²) in [5, 5.41) is 10.1. The van der Waals surface area contributed by atoms with Crippen molar-refractivity contribution in [2.45, 2.75) is 51.3 Å². The van der Waals surface area contributed by atoms with E-state index in [9.17, 15) is 5.26 Å². The maximum absolute atomic E-state index is 9.32. The lowest BCUT2D eigenvalue weighted by Gasteiger charge is -2.22. The van der Waals surface area contributed by atoms with E-state index in [1.807, 2.05) is 20.8 Å². The Morgan fingerprint density at radius 2 is 2.14 bits per heavy atom. The third kappa shape index (κ3) is 4.19. The summed E-state index contributed by atoms with van der Waals surface area (Å²) in [6, 6.07) is 2.27. The quantitative estimate of drug-likeness (QED) is 0.615. The topological polar surface area (TPSA) is 55.1 Å². The van der Waals surface area contributed by atoms with Crippen LogP contribution in [0.15, 0.2) is 5.03 Å². The summed E-state index contributed by atoms with van der Waals surface area (Å²) in [5.74, 6) is 0.781. The van der Waals surface area contributed by atoms with Gasteiger partial charge in [-0.05, 0) is 51.2 Å². The Bertz CT molecular complexity index is 534. The Kier molecular flexibility index (Phi) is 6.04. The van der Waals surface area contributed by atoms with Crippen LogP contribution in [-0.4, -0.2) is 30.2 Å². The molecule has 2 rings (SSSR count). The highest BCUT2D eigenvalue weighted by atomic mass is 32.2. The third-order valence-electron chi connectivity index (χ3n) is 3.84. The number of hydrogen-bond donors (Lipinski definition) is 0. The van der Waals surface area contributed by atoms with Gasteiger partial charge in [-0.2, -0.15) is 5.26 Å². The van der Waals surface area contributed by atoms with E-state index in [1.165, 1.54) is 6.42 Å². The number of hydrogen-bond acceptors (Lipinski definition) is 5. The lowest BCUT2D eigenvalue weighted by molar-refractivity contribution is -0.158. The predicted octanol–water partition coefficient (Wildman–Crippen LogP) is 3.51. The molecule has 0 saturated carbocycles. The maximum atomic E-state index is 9.32. The van der Waals surface area contributed by atoms with Gasteiger partial charge in [0.25, 0.3) is 0 Å². The van der Waals surface area contributed by atoms with E-state index in [0.29, 0.717) is 12.2 Å². The minimum Gasteiger partial charge on any atom is -0.353 e. The smallest absolute Gasteiger partial charge is 0.157 e. The largest absolute Gasteiger partial charge is 0.353 e. The molecule has 1 aromatic heterocycles. The molecule has 5 heteroatoms. The first-order chi connectivity index (χ1) is 10.1. The molecule has 0 bridgehead atoms. The van der Waals surface area contributed by atoms with E-state index in [-0.39, 0.29) is 6.29 Å². The van der Waals surface area contributed by atoms with Crippen molar-refractivity contribution in [3.63, 3.8) is 0 Å². The Hall–Kier alpha value is -1.09. The zero-order chi connectivity index (χ0) is 15.2. The molecule has 0 aromatic carbocycles.